The van der Waals surface area contributed by atoms with E-state index in [1.807, 2.05) is 30.3 Å². The molecule has 0 saturated carbocycles. The van der Waals surface area contributed by atoms with Crippen molar-refractivity contribution in [2.24, 2.45) is 0 Å². The molecule has 1 fully saturated rings. The third kappa shape index (κ3) is 5.77. The number of nitrogens with zero attached hydrogens (tertiary/aromatic N) is 2. The Bertz CT molecular complexity index is 979. The Morgan fingerprint density at radius 1 is 1.17 bits per heavy atom. The lowest BCUT2D eigenvalue weighted by Crippen LogP contribution is -2.43. The Hall–Kier alpha value is -2.04. The summed E-state index contributed by atoms with van der Waals surface area (Å²) in [6, 6.07) is 11.4. The number of morpholine rings is 1. The summed E-state index contributed by atoms with van der Waals surface area (Å²) in [5.41, 5.74) is 1.66. The van der Waals surface area contributed by atoms with E-state index >= 15 is 0 Å². The van der Waals surface area contributed by atoms with Crippen molar-refractivity contribution in [1.82, 2.24) is 9.62 Å². The van der Waals surface area contributed by atoms with E-state index in [-0.39, 0.29) is 23.0 Å². The van der Waals surface area contributed by atoms with E-state index in [0.717, 1.165) is 24.7 Å². The van der Waals surface area contributed by atoms with Crippen LogP contribution in [0.25, 0.3) is 0 Å². The topological polar surface area (TPSA) is 102 Å². The van der Waals surface area contributed by atoms with E-state index in [0.29, 0.717) is 30.9 Å². The molecular weight excluding hydrogens is 430 g/mol. The number of ether oxygens (including phenoxy) is 1. The standard InChI is InChI=1S/C20H25N3O5S.ClH/c1-15-12-18(23(24)25)13-20(16(15)2)29(26,27)21-19(17-6-4-3-5-7-17)14-22-8-10-28-11-9-22;/h3-7,12-13,19,21H,8-11,14H2,1-2H3;1H. The molecule has 1 aliphatic heterocycles. The molecular formula is C20H26ClN3O5S. The number of nitro groups is 1. The van der Waals surface area contributed by atoms with Crippen LogP contribution in [0.2, 0.25) is 0 Å². The van der Waals surface area contributed by atoms with Crippen molar-refractivity contribution < 1.29 is 18.1 Å². The van der Waals surface area contributed by atoms with Gasteiger partial charge in [-0.05, 0) is 30.5 Å². The predicted octanol–water partition coefficient (Wildman–Crippen LogP) is 2.99. The van der Waals surface area contributed by atoms with Crippen molar-refractivity contribution in [1.29, 1.82) is 0 Å². The van der Waals surface area contributed by atoms with Crippen LogP contribution < -0.4 is 4.72 Å². The fraction of sp³-hybridized carbons (Fsp3) is 0.400. The second kappa shape index (κ2) is 10.3. The molecule has 2 aromatic rings. The first-order valence-electron chi connectivity index (χ1n) is 9.41. The summed E-state index contributed by atoms with van der Waals surface area (Å²) in [6.07, 6.45) is 0. The molecule has 0 aromatic heterocycles. The maximum Gasteiger partial charge on any atom is 0.271 e. The van der Waals surface area contributed by atoms with Crippen LogP contribution in [-0.2, 0) is 14.8 Å². The molecule has 0 aliphatic carbocycles. The molecule has 2 aromatic carbocycles. The Morgan fingerprint density at radius 3 is 2.40 bits per heavy atom. The van der Waals surface area contributed by atoms with Gasteiger partial charge in [0.2, 0.25) is 10.0 Å². The van der Waals surface area contributed by atoms with E-state index < -0.39 is 21.0 Å². The normalized spacial score (nSPS) is 15.9. The number of nitro benzene ring substituents is 1. The summed E-state index contributed by atoms with van der Waals surface area (Å²) < 4.78 is 34.6. The largest absolute Gasteiger partial charge is 0.379 e. The SMILES string of the molecule is Cc1cc([N+](=O)[O-])cc(S(=O)(=O)NC(CN2CCOCC2)c2ccccc2)c1C.Cl. The van der Waals surface area contributed by atoms with Crippen molar-refractivity contribution >= 4 is 28.1 Å². The highest BCUT2D eigenvalue weighted by molar-refractivity contribution is 7.89. The smallest absolute Gasteiger partial charge is 0.271 e. The van der Waals surface area contributed by atoms with Gasteiger partial charge in [-0.3, -0.25) is 15.0 Å². The van der Waals surface area contributed by atoms with Gasteiger partial charge in [-0.2, -0.15) is 0 Å². The minimum absolute atomic E-state index is 0. The Balaban J connectivity index is 0.00000320. The number of halogens is 1. The summed E-state index contributed by atoms with van der Waals surface area (Å²) in [7, 11) is -3.98. The van der Waals surface area contributed by atoms with E-state index in [2.05, 4.69) is 9.62 Å². The molecule has 30 heavy (non-hydrogen) atoms. The lowest BCUT2D eigenvalue weighted by Gasteiger charge is -2.31. The Kier molecular flexibility index (Phi) is 8.34. The second-order valence-electron chi connectivity index (χ2n) is 7.14. The average Bonchev–Trinajstić information content (AvgIpc) is 2.70. The van der Waals surface area contributed by atoms with E-state index in [1.165, 1.54) is 6.07 Å². The Morgan fingerprint density at radius 2 is 1.80 bits per heavy atom. The van der Waals surface area contributed by atoms with Crippen molar-refractivity contribution in [2.75, 3.05) is 32.8 Å². The van der Waals surface area contributed by atoms with Gasteiger partial charge >= 0.3 is 0 Å². The zero-order chi connectivity index (χ0) is 21.0. The van der Waals surface area contributed by atoms with Crippen LogP contribution in [0.1, 0.15) is 22.7 Å². The summed E-state index contributed by atoms with van der Waals surface area (Å²) in [5.74, 6) is 0. The van der Waals surface area contributed by atoms with Gasteiger partial charge in [-0.1, -0.05) is 30.3 Å². The van der Waals surface area contributed by atoms with E-state index in [1.54, 1.807) is 13.8 Å². The molecule has 0 bridgehead atoms. The number of aryl methyl sites for hydroxylation is 1. The highest BCUT2D eigenvalue weighted by Crippen LogP contribution is 2.27. The summed E-state index contributed by atoms with van der Waals surface area (Å²) in [5, 5.41) is 11.2. The van der Waals surface area contributed by atoms with Gasteiger partial charge in [0.25, 0.3) is 5.69 Å². The molecule has 3 rings (SSSR count). The zero-order valence-electron chi connectivity index (χ0n) is 16.9. The average molecular weight is 456 g/mol. The molecule has 1 saturated heterocycles. The van der Waals surface area contributed by atoms with Gasteiger partial charge in [0.1, 0.15) is 0 Å². The highest BCUT2D eigenvalue weighted by Gasteiger charge is 2.27. The quantitative estimate of drug-likeness (QED) is 0.508. The highest BCUT2D eigenvalue weighted by atomic mass is 35.5. The molecule has 1 N–H and O–H groups in total. The molecule has 10 heteroatoms. The predicted molar refractivity (Wildman–Crippen MR) is 117 cm³/mol. The molecule has 1 unspecified atom stereocenters. The minimum atomic E-state index is -3.98. The van der Waals surface area contributed by atoms with Gasteiger partial charge < -0.3 is 4.74 Å². The summed E-state index contributed by atoms with van der Waals surface area (Å²) >= 11 is 0. The van der Waals surface area contributed by atoms with Crippen LogP contribution in [0, 0.1) is 24.0 Å². The number of sulfonamides is 1. The van der Waals surface area contributed by atoms with Crippen LogP contribution in [0.3, 0.4) is 0 Å². The second-order valence-corrected chi connectivity index (χ2v) is 8.82. The number of rotatable bonds is 7. The van der Waals surface area contributed by atoms with Crippen LogP contribution in [0.4, 0.5) is 5.69 Å². The third-order valence-electron chi connectivity index (χ3n) is 5.15. The van der Waals surface area contributed by atoms with Gasteiger partial charge in [-0.25, -0.2) is 13.1 Å². The van der Waals surface area contributed by atoms with Crippen LogP contribution in [0.15, 0.2) is 47.4 Å². The number of nitrogens with one attached hydrogen (secondary N) is 1. The number of non-ortho nitro benzene ring substituents is 1. The van der Waals surface area contributed by atoms with Gasteiger partial charge in [0, 0.05) is 31.8 Å². The minimum Gasteiger partial charge on any atom is -0.379 e. The molecule has 0 amide bonds. The molecule has 0 radical (unpaired) electrons. The fourth-order valence-corrected chi connectivity index (χ4v) is 4.93. The zero-order valence-corrected chi connectivity index (χ0v) is 18.5. The van der Waals surface area contributed by atoms with Crippen molar-refractivity contribution in [3.05, 3.63) is 69.3 Å². The van der Waals surface area contributed by atoms with Crippen LogP contribution in [-0.4, -0.2) is 51.1 Å². The third-order valence-corrected chi connectivity index (χ3v) is 6.75. The summed E-state index contributed by atoms with van der Waals surface area (Å²) in [4.78, 5) is 12.7. The first kappa shape index (κ1) is 24.2. The lowest BCUT2D eigenvalue weighted by molar-refractivity contribution is -0.385. The fourth-order valence-electron chi connectivity index (χ4n) is 3.38. The van der Waals surface area contributed by atoms with Crippen molar-refractivity contribution in [3.63, 3.8) is 0 Å². The molecule has 1 atom stereocenters. The molecule has 164 valence electrons. The number of benzene rings is 2. The maximum absolute atomic E-state index is 13.2. The monoisotopic (exact) mass is 455 g/mol. The van der Waals surface area contributed by atoms with Crippen molar-refractivity contribution in [3.8, 4) is 0 Å². The van der Waals surface area contributed by atoms with Crippen molar-refractivity contribution in [2.45, 2.75) is 24.8 Å². The molecule has 0 spiro atoms. The number of hydrogen-bond acceptors (Lipinski definition) is 6. The lowest BCUT2D eigenvalue weighted by atomic mass is 10.1. The molecule has 1 aliphatic rings. The van der Waals surface area contributed by atoms with Crippen LogP contribution >= 0.6 is 12.4 Å². The van der Waals surface area contributed by atoms with Gasteiger partial charge in [-0.15, -0.1) is 12.4 Å². The Labute approximate surface area is 182 Å². The molecule has 8 nitrogen and oxygen atoms in total. The first-order valence-corrected chi connectivity index (χ1v) is 10.9. The van der Waals surface area contributed by atoms with Crippen LogP contribution in [0.5, 0.6) is 0 Å². The molecule has 1 heterocycles. The van der Waals surface area contributed by atoms with E-state index in [4.69, 9.17) is 4.74 Å². The van der Waals surface area contributed by atoms with Gasteiger partial charge in [0.15, 0.2) is 0 Å². The number of hydrogen-bond donors (Lipinski definition) is 1. The van der Waals surface area contributed by atoms with E-state index in [9.17, 15) is 18.5 Å². The maximum atomic E-state index is 13.2. The summed E-state index contributed by atoms with van der Waals surface area (Å²) in [6.45, 7) is 6.48. The first-order chi connectivity index (χ1) is 13.8. The van der Waals surface area contributed by atoms with Gasteiger partial charge in [0.05, 0.1) is 29.1 Å².